The Morgan fingerprint density at radius 1 is 1.62 bits per heavy atom. The minimum Gasteiger partial charge on any atom is -0.212 e. The summed E-state index contributed by atoms with van der Waals surface area (Å²) in [6, 6.07) is 0. The molecule has 0 aromatic heterocycles. The largest absolute Gasteiger partial charge is 0.221 e. The summed E-state index contributed by atoms with van der Waals surface area (Å²) < 4.78 is 21.7. The minimum absolute atomic E-state index is 0.649. The minimum atomic E-state index is -3.09. The number of sulfonamides is 1. The van der Waals surface area contributed by atoms with E-state index >= 15 is 0 Å². The second kappa shape index (κ2) is 2.91. The summed E-state index contributed by atoms with van der Waals surface area (Å²) >= 11 is 0.649. The maximum Gasteiger partial charge on any atom is 0.221 e. The van der Waals surface area contributed by atoms with Gasteiger partial charge in [0, 0.05) is 18.2 Å². The molecular weight excluding hydrogens is 170 g/mol. The molecule has 0 rings (SSSR count). The average molecular weight is 176 g/mol. The second-order valence-electron chi connectivity index (χ2n) is 1.24. The monoisotopic (exact) mass is 175 g/mol. The zero-order chi connectivity index (χ0) is 6.78. The van der Waals surface area contributed by atoms with E-state index in [0.29, 0.717) is 11.2 Å². The fourth-order valence-corrected chi connectivity index (χ4v) is 1.38. The molecule has 0 fully saturated rings. The SMILES string of the molecule is CN(SCl)S(C)(=O)=O. The lowest BCUT2D eigenvalue weighted by Crippen LogP contribution is -2.15. The lowest BCUT2D eigenvalue weighted by atomic mass is 11.6. The van der Waals surface area contributed by atoms with Gasteiger partial charge in [0.05, 0.1) is 6.26 Å². The van der Waals surface area contributed by atoms with Crippen molar-refractivity contribution in [2.45, 2.75) is 0 Å². The highest BCUT2D eigenvalue weighted by atomic mass is 35.7. The molecular formula is C2H6ClNO2S2. The first-order valence-corrected chi connectivity index (χ1v) is 5.16. The topological polar surface area (TPSA) is 37.4 Å². The van der Waals surface area contributed by atoms with E-state index < -0.39 is 10.0 Å². The Morgan fingerprint density at radius 2 is 2.00 bits per heavy atom. The molecule has 50 valence electrons. The van der Waals surface area contributed by atoms with E-state index in [9.17, 15) is 8.42 Å². The van der Waals surface area contributed by atoms with Crippen molar-refractivity contribution in [3.8, 4) is 0 Å². The lowest BCUT2D eigenvalue weighted by Gasteiger charge is -2.05. The first-order valence-electron chi connectivity index (χ1n) is 1.71. The number of nitrogens with zero attached hydrogens (tertiary/aromatic N) is 1. The Hall–Kier alpha value is 0.550. The molecule has 0 aliphatic carbocycles. The summed E-state index contributed by atoms with van der Waals surface area (Å²) in [6.45, 7) is 0. The molecule has 0 aliphatic heterocycles. The van der Waals surface area contributed by atoms with Gasteiger partial charge in [-0.3, -0.25) is 0 Å². The standard InChI is InChI=1S/C2H6ClNO2S2/c1-4(7-3)8(2,5)6/h1-2H3. The molecule has 0 aromatic rings. The van der Waals surface area contributed by atoms with Crippen molar-refractivity contribution in [3.05, 3.63) is 0 Å². The van der Waals surface area contributed by atoms with Crippen LogP contribution >= 0.6 is 21.8 Å². The van der Waals surface area contributed by atoms with Gasteiger partial charge in [0.25, 0.3) is 0 Å². The van der Waals surface area contributed by atoms with Gasteiger partial charge in [-0.2, -0.15) is 0 Å². The average Bonchev–Trinajstić information content (AvgIpc) is 1.62. The maximum atomic E-state index is 10.4. The van der Waals surface area contributed by atoms with Crippen LogP contribution in [-0.4, -0.2) is 25.4 Å². The van der Waals surface area contributed by atoms with Crippen LogP contribution in [0.4, 0.5) is 0 Å². The van der Waals surface area contributed by atoms with Crippen molar-refractivity contribution in [3.63, 3.8) is 0 Å². The number of hydrogen-bond donors (Lipinski definition) is 0. The van der Waals surface area contributed by atoms with E-state index in [1.54, 1.807) is 0 Å². The first-order chi connectivity index (χ1) is 3.48. The first kappa shape index (κ1) is 8.55. The highest BCUT2D eigenvalue weighted by molar-refractivity contribution is 8.24. The number of hydrogen-bond acceptors (Lipinski definition) is 3. The Labute approximate surface area is 57.7 Å². The van der Waals surface area contributed by atoms with Crippen molar-refractivity contribution < 1.29 is 8.42 Å². The molecule has 0 N–H and O–H groups in total. The summed E-state index contributed by atoms with van der Waals surface area (Å²) in [4.78, 5) is 0. The van der Waals surface area contributed by atoms with E-state index in [0.717, 1.165) is 9.97 Å². The predicted molar refractivity (Wildman–Crippen MR) is 36.1 cm³/mol. The summed E-state index contributed by atoms with van der Waals surface area (Å²) in [5.41, 5.74) is 0. The Bertz CT molecular complexity index is 153. The molecule has 0 bridgehead atoms. The van der Waals surface area contributed by atoms with Gasteiger partial charge >= 0.3 is 0 Å². The van der Waals surface area contributed by atoms with Crippen LogP contribution in [0.5, 0.6) is 0 Å². The maximum absolute atomic E-state index is 10.4. The van der Waals surface area contributed by atoms with Gasteiger partial charge in [-0.25, -0.2) is 8.42 Å². The zero-order valence-corrected chi connectivity index (χ0v) is 6.85. The summed E-state index contributed by atoms with van der Waals surface area (Å²) in [7, 11) is 3.39. The van der Waals surface area contributed by atoms with E-state index in [4.69, 9.17) is 10.7 Å². The third kappa shape index (κ3) is 2.76. The Morgan fingerprint density at radius 3 is 2.00 bits per heavy atom. The van der Waals surface area contributed by atoms with Crippen molar-refractivity contribution in [2.24, 2.45) is 0 Å². The molecule has 3 nitrogen and oxygen atoms in total. The zero-order valence-electron chi connectivity index (χ0n) is 4.46. The molecule has 0 radical (unpaired) electrons. The normalized spacial score (nSPS) is 12.5. The van der Waals surface area contributed by atoms with E-state index in [-0.39, 0.29) is 0 Å². The molecule has 0 atom stereocenters. The molecule has 6 heteroatoms. The van der Waals surface area contributed by atoms with Crippen molar-refractivity contribution in [1.82, 2.24) is 3.71 Å². The van der Waals surface area contributed by atoms with Gasteiger partial charge in [0.1, 0.15) is 0 Å². The molecule has 0 aliphatic rings. The van der Waals surface area contributed by atoms with Crippen LogP contribution in [-0.2, 0) is 10.0 Å². The highest BCUT2D eigenvalue weighted by Gasteiger charge is 2.08. The number of halogens is 1. The Kier molecular flexibility index (Phi) is 3.11. The van der Waals surface area contributed by atoms with Crippen LogP contribution < -0.4 is 0 Å². The molecule has 0 amide bonds. The van der Waals surface area contributed by atoms with Gasteiger partial charge in [-0.15, -0.1) is 3.71 Å². The second-order valence-corrected chi connectivity index (χ2v) is 4.59. The summed E-state index contributed by atoms with van der Waals surface area (Å²) in [5, 5.41) is 0. The molecule has 0 spiro atoms. The van der Waals surface area contributed by atoms with Gasteiger partial charge in [-0.1, -0.05) is 0 Å². The van der Waals surface area contributed by atoms with E-state index in [1.165, 1.54) is 7.05 Å². The van der Waals surface area contributed by atoms with Gasteiger partial charge in [0.15, 0.2) is 0 Å². The van der Waals surface area contributed by atoms with Crippen LogP contribution in [0.3, 0.4) is 0 Å². The molecule has 0 saturated heterocycles. The summed E-state index contributed by atoms with van der Waals surface area (Å²) in [6.07, 6.45) is 1.09. The van der Waals surface area contributed by atoms with Gasteiger partial charge < -0.3 is 0 Å². The molecule has 0 heterocycles. The molecule has 8 heavy (non-hydrogen) atoms. The van der Waals surface area contributed by atoms with Crippen LogP contribution in [0.15, 0.2) is 0 Å². The Balaban J connectivity index is 4.04. The smallest absolute Gasteiger partial charge is 0.212 e. The van der Waals surface area contributed by atoms with Crippen LogP contribution in [0.2, 0.25) is 0 Å². The predicted octanol–water partition coefficient (Wildman–Crippen LogP) is 0.680. The molecule has 0 saturated carbocycles. The van der Waals surface area contributed by atoms with E-state index in [1.807, 2.05) is 0 Å². The van der Waals surface area contributed by atoms with Crippen LogP contribution in [0, 0.1) is 0 Å². The highest BCUT2D eigenvalue weighted by Crippen LogP contribution is 2.14. The van der Waals surface area contributed by atoms with Crippen molar-refractivity contribution in [1.29, 1.82) is 0 Å². The molecule has 0 aromatic carbocycles. The quantitative estimate of drug-likeness (QED) is 0.580. The van der Waals surface area contributed by atoms with Crippen molar-refractivity contribution >= 4 is 31.9 Å². The van der Waals surface area contributed by atoms with Gasteiger partial charge in [0.2, 0.25) is 10.0 Å². The van der Waals surface area contributed by atoms with Crippen molar-refractivity contribution in [2.75, 3.05) is 13.3 Å². The molecule has 0 unspecified atom stereocenters. The van der Waals surface area contributed by atoms with E-state index in [2.05, 4.69) is 0 Å². The lowest BCUT2D eigenvalue weighted by molar-refractivity contribution is 0.572. The fourth-order valence-electron chi connectivity index (χ4n) is 0.0512. The van der Waals surface area contributed by atoms with Crippen LogP contribution in [0.25, 0.3) is 0 Å². The number of rotatable bonds is 2. The summed E-state index contributed by atoms with van der Waals surface area (Å²) in [5.74, 6) is 0. The fraction of sp³-hybridized carbons (Fsp3) is 1.00. The third-order valence-electron chi connectivity index (χ3n) is 0.564. The van der Waals surface area contributed by atoms with Crippen LogP contribution in [0.1, 0.15) is 0 Å². The van der Waals surface area contributed by atoms with Gasteiger partial charge in [-0.05, 0) is 10.7 Å². The third-order valence-corrected chi connectivity index (χ3v) is 3.60.